The number of amides is 2. The molecule has 0 saturated heterocycles. The molecule has 3 aliphatic rings. The summed E-state index contributed by atoms with van der Waals surface area (Å²) < 4.78 is 0. The van der Waals surface area contributed by atoms with Gasteiger partial charge in [-0.05, 0) is 55.4 Å². The van der Waals surface area contributed by atoms with Crippen molar-refractivity contribution in [2.45, 2.75) is 64.6 Å². The third-order valence-electron chi connectivity index (χ3n) is 6.45. The fraction of sp³-hybridized carbons (Fsp3) is 0.524. The molecular weight excluding hydrogens is 344 g/mol. The second kappa shape index (κ2) is 6.29. The average Bonchev–Trinajstić information content (AvgIpc) is 3.30. The van der Waals surface area contributed by atoms with Gasteiger partial charge in [0.05, 0.1) is 12.5 Å². The van der Waals surface area contributed by atoms with Gasteiger partial charge in [0.25, 0.3) is 11.8 Å². The minimum atomic E-state index is -0.533. The molecule has 2 atom stereocenters. The van der Waals surface area contributed by atoms with Crippen molar-refractivity contribution < 1.29 is 19.2 Å². The Bertz CT molecular complexity index is 856. The van der Waals surface area contributed by atoms with Crippen LogP contribution in [0.4, 0.5) is 0 Å². The Labute approximate surface area is 158 Å². The van der Waals surface area contributed by atoms with Gasteiger partial charge in [0.15, 0.2) is 5.78 Å². The van der Waals surface area contributed by atoms with Crippen LogP contribution in [-0.2, 0) is 16.1 Å². The molecule has 142 valence electrons. The molecule has 1 aromatic rings. The molecule has 1 aliphatic heterocycles. The van der Waals surface area contributed by atoms with Gasteiger partial charge in [-0.2, -0.15) is 0 Å². The molecule has 0 bridgehead atoms. The zero-order chi connectivity index (χ0) is 19.3. The van der Waals surface area contributed by atoms with E-state index in [0.29, 0.717) is 30.5 Å². The molecule has 27 heavy (non-hydrogen) atoms. The highest BCUT2D eigenvalue weighted by molar-refractivity contribution is 6.08. The summed E-state index contributed by atoms with van der Waals surface area (Å²) >= 11 is 0. The van der Waals surface area contributed by atoms with Crippen LogP contribution in [0, 0.1) is 5.41 Å². The summed E-state index contributed by atoms with van der Waals surface area (Å²) in [4.78, 5) is 50.5. The van der Waals surface area contributed by atoms with Gasteiger partial charge in [-0.25, -0.2) is 0 Å². The van der Waals surface area contributed by atoms with Gasteiger partial charge in [-0.3, -0.25) is 19.2 Å². The first-order valence-electron chi connectivity index (χ1n) is 9.58. The summed E-state index contributed by atoms with van der Waals surface area (Å²) in [5.41, 5.74) is 2.03. The molecule has 1 N–H and O–H groups in total. The molecule has 2 amide bonds. The lowest BCUT2D eigenvalue weighted by Gasteiger charge is -2.29. The van der Waals surface area contributed by atoms with E-state index < -0.39 is 6.04 Å². The normalized spacial score (nSPS) is 24.6. The van der Waals surface area contributed by atoms with Gasteiger partial charge in [0, 0.05) is 30.1 Å². The van der Waals surface area contributed by atoms with Crippen LogP contribution in [0.1, 0.15) is 72.2 Å². The maximum Gasteiger partial charge on any atom is 0.255 e. The molecule has 0 spiro atoms. The van der Waals surface area contributed by atoms with Gasteiger partial charge in [-0.1, -0.05) is 6.92 Å². The standard InChI is InChI=1S/C21H24N2O4/c1-12(21(2)7-8-21)22-19(26)13-3-5-16-14(9-13)11-23(20(16)27)17-6-4-15(24)10-18(17)25/h3,5,9,12,17H,4,6-8,10-11H2,1-2H3,(H,22,26)/t12-,17?/m0/s1. The molecule has 6 nitrogen and oxygen atoms in total. The van der Waals surface area contributed by atoms with Crippen LogP contribution in [-0.4, -0.2) is 40.4 Å². The first-order chi connectivity index (χ1) is 12.8. The van der Waals surface area contributed by atoms with Gasteiger partial charge in [0.2, 0.25) is 0 Å². The maximum absolute atomic E-state index is 12.7. The Kier molecular flexibility index (Phi) is 4.17. The molecule has 1 heterocycles. The van der Waals surface area contributed by atoms with Crippen molar-refractivity contribution in [1.82, 2.24) is 10.2 Å². The summed E-state index contributed by atoms with van der Waals surface area (Å²) in [5.74, 6) is -0.568. The second-order valence-electron chi connectivity index (χ2n) is 8.39. The van der Waals surface area contributed by atoms with Gasteiger partial charge in [0.1, 0.15) is 5.78 Å². The van der Waals surface area contributed by atoms with E-state index in [1.807, 2.05) is 6.92 Å². The number of carbonyl (C=O) groups excluding carboxylic acids is 4. The zero-order valence-electron chi connectivity index (χ0n) is 15.7. The lowest BCUT2D eigenvalue weighted by molar-refractivity contribution is -0.133. The molecule has 1 aromatic carbocycles. The molecule has 2 saturated carbocycles. The first-order valence-corrected chi connectivity index (χ1v) is 9.58. The quantitative estimate of drug-likeness (QED) is 0.826. The molecule has 1 unspecified atom stereocenters. The fourth-order valence-electron chi connectivity index (χ4n) is 4.01. The molecule has 2 fully saturated rings. The van der Waals surface area contributed by atoms with E-state index in [0.717, 1.165) is 18.4 Å². The van der Waals surface area contributed by atoms with Crippen LogP contribution >= 0.6 is 0 Å². The van der Waals surface area contributed by atoms with Crippen molar-refractivity contribution in [3.05, 3.63) is 34.9 Å². The number of ketones is 2. The lowest BCUT2D eigenvalue weighted by atomic mass is 9.92. The Morgan fingerprint density at radius 2 is 2.00 bits per heavy atom. The van der Waals surface area contributed by atoms with Crippen molar-refractivity contribution in [3.8, 4) is 0 Å². The molecule has 4 rings (SSSR count). The minimum absolute atomic E-state index is 0.0576. The topological polar surface area (TPSA) is 83.6 Å². The van der Waals surface area contributed by atoms with Crippen LogP contribution in [0.25, 0.3) is 0 Å². The van der Waals surface area contributed by atoms with Crippen LogP contribution in [0.3, 0.4) is 0 Å². The Hall–Kier alpha value is -2.50. The zero-order valence-corrected chi connectivity index (χ0v) is 15.7. The number of rotatable bonds is 4. The van der Waals surface area contributed by atoms with E-state index in [-0.39, 0.29) is 41.3 Å². The van der Waals surface area contributed by atoms with Crippen molar-refractivity contribution in [3.63, 3.8) is 0 Å². The van der Waals surface area contributed by atoms with E-state index >= 15 is 0 Å². The summed E-state index contributed by atoms with van der Waals surface area (Å²) in [6.45, 7) is 4.51. The Balaban J connectivity index is 1.50. The van der Waals surface area contributed by atoms with Crippen LogP contribution in [0.5, 0.6) is 0 Å². The second-order valence-corrected chi connectivity index (χ2v) is 8.39. The number of benzene rings is 1. The molecule has 2 aliphatic carbocycles. The van der Waals surface area contributed by atoms with Crippen molar-refractivity contribution in [2.75, 3.05) is 0 Å². The molecule has 6 heteroatoms. The van der Waals surface area contributed by atoms with Crippen molar-refractivity contribution in [1.29, 1.82) is 0 Å². The number of Topliss-reactive ketones (excluding diaryl/α,β-unsaturated/α-hetero) is 2. The third kappa shape index (κ3) is 3.17. The summed E-state index contributed by atoms with van der Waals surface area (Å²) in [7, 11) is 0. The van der Waals surface area contributed by atoms with Gasteiger partial charge < -0.3 is 10.2 Å². The molecular formula is C21H24N2O4. The smallest absolute Gasteiger partial charge is 0.255 e. The fourth-order valence-corrected chi connectivity index (χ4v) is 4.01. The minimum Gasteiger partial charge on any atom is -0.349 e. The van der Waals surface area contributed by atoms with E-state index in [2.05, 4.69) is 12.2 Å². The predicted molar refractivity (Wildman–Crippen MR) is 98.2 cm³/mol. The lowest BCUT2D eigenvalue weighted by Crippen LogP contribution is -2.44. The number of hydrogen-bond donors (Lipinski definition) is 1. The molecule has 0 aromatic heterocycles. The highest BCUT2D eigenvalue weighted by Gasteiger charge is 2.43. The summed E-state index contributed by atoms with van der Waals surface area (Å²) in [5, 5.41) is 3.06. The predicted octanol–water partition coefficient (Wildman–Crippen LogP) is 2.25. The number of fused-ring (bicyclic) bond motifs is 1. The van der Waals surface area contributed by atoms with Gasteiger partial charge >= 0.3 is 0 Å². The highest BCUT2D eigenvalue weighted by Crippen LogP contribution is 2.48. The van der Waals surface area contributed by atoms with E-state index in [1.54, 1.807) is 23.1 Å². The largest absolute Gasteiger partial charge is 0.349 e. The summed E-state index contributed by atoms with van der Waals surface area (Å²) in [6, 6.07) is 4.67. The van der Waals surface area contributed by atoms with E-state index in [1.165, 1.54) is 0 Å². The monoisotopic (exact) mass is 368 g/mol. The molecule has 0 radical (unpaired) electrons. The van der Waals surface area contributed by atoms with Crippen LogP contribution < -0.4 is 5.32 Å². The number of nitrogens with zero attached hydrogens (tertiary/aromatic N) is 1. The first kappa shape index (κ1) is 17.9. The number of nitrogens with one attached hydrogen (secondary N) is 1. The maximum atomic E-state index is 12.7. The van der Waals surface area contributed by atoms with Crippen molar-refractivity contribution in [2.24, 2.45) is 5.41 Å². The highest BCUT2D eigenvalue weighted by atomic mass is 16.2. The van der Waals surface area contributed by atoms with Crippen LogP contribution in [0.2, 0.25) is 0 Å². The van der Waals surface area contributed by atoms with Crippen LogP contribution in [0.15, 0.2) is 18.2 Å². The van der Waals surface area contributed by atoms with Crippen molar-refractivity contribution >= 4 is 23.4 Å². The Morgan fingerprint density at radius 1 is 1.26 bits per heavy atom. The number of hydrogen-bond acceptors (Lipinski definition) is 4. The third-order valence-corrected chi connectivity index (χ3v) is 6.45. The Morgan fingerprint density at radius 3 is 2.67 bits per heavy atom. The summed E-state index contributed by atoms with van der Waals surface area (Å²) in [6.07, 6.45) is 2.89. The van der Waals surface area contributed by atoms with E-state index in [9.17, 15) is 19.2 Å². The SMILES string of the molecule is C[C@H](NC(=O)c1ccc2c(c1)CN(C1CCC(=O)CC1=O)C2=O)C1(C)CC1. The number of carbonyl (C=O) groups is 4. The average molecular weight is 368 g/mol. The van der Waals surface area contributed by atoms with Gasteiger partial charge in [-0.15, -0.1) is 0 Å². The van der Waals surface area contributed by atoms with E-state index in [4.69, 9.17) is 0 Å².